The van der Waals surface area contributed by atoms with Crippen LogP contribution in [0.5, 0.6) is 0 Å². The minimum atomic E-state index is 0. The van der Waals surface area contributed by atoms with Gasteiger partial charge in [0.2, 0.25) is 0 Å². The Balaban J connectivity index is 0.00000487. The molecule has 7 heterocycles. The average molecular weight is 1940 g/mol. The van der Waals surface area contributed by atoms with E-state index in [1.54, 1.807) is 6.33 Å². The van der Waals surface area contributed by atoms with Crippen LogP contribution in [0.2, 0.25) is 0 Å². The summed E-state index contributed by atoms with van der Waals surface area (Å²) in [7, 11) is 0. The second-order valence-corrected chi connectivity index (χ2v) is 31.0. The fourth-order valence-corrected chi connectivity index (χ4v) is 17.8. The Morgan fingerprint density at radius 3 is 0.815 bits per heavy atom. The van der Waals surface area contributed by atoms with Gasteiger partial charge < -0.3 is 19.9 Å². The summed E-state index contributed by atoms with van der Waals surface area (Å²) in [5.74, 6) is 0. The summed E-state index contributed by atoms with van der Waals surface area (Å²) in [6, 6.07) is 135. The van der Waals surface area contributed by atoms with Crippen molar-refractivity contribution < 1.29 is 40.2 Å². The van der Waals surface area contributed by atoms with Crippen LogP contribution < -0.4 is 0 Å². The van der Waals surface area contributed by atoms with Gasteiger partial charge in [-0.2, -0.15) is 10.2 Å². The van der Waals surface area contributed by atoms with Crippen LogP contribution in [0.3, 0.4) is 0 Å². The minimum Gasteiger partial charge on any atom is -0.305 e. The van der Waals surface area contributed by atoms with E-state index in [1.165, 1.54) is 0 Å². The standard InChI is InChI=1S/C112H70N10.2Ir/c1-69-71(3)119-121(111(69)85-62-81(93-26-9-5-22-89(93)73-36-44-77(45-37-73)103-32-13-17-56-113-103)60-82(63-85)94-27-10-6-23-90(94)74-38-46-78(47-39-74)104-33-14-18-57-114-104)87-52-54-99-101(66-87)97-30-21-31-98-102-67-88(53-55-100(102)110-108(107(97)98)109(99)117-68-118-110)122-112(70(2)72(4)120-122)86-64-83(95-28-11-7-24-91(95)75-40-48-79(49-41-75)105-34-15-19-58-115-105)61-84(65-86)96-29-12-8-25-92(96)76-42-50-80(51-43-76)106-35-16-20-59-116-106;;/h5-44,46,48,50,52-53,56-68H,1-4H3;;/q-6;2*+3. The van der Waals surface area contributed by atoms with Gasteiger partial charge >= 0.3 is 40.2 Å². The summed E-state index contributed by atoms with van der Waals surface area (Å²) >= 11 is 0. The molecular weight excluding hydrogens is 1870 g/mol. The van der Waals surface area contributed by atoms with Crippen molar-refractivity contribution in [1.29, 1.82) is 0 Å². The maximum atomic E-state index is 5.49. The molecule has 0 N–H and O–H groups in total. The Hall–Kier alpha value is -14.7. The number of nitrogens with zero attached hydrogens (tertiary/aromatic N) is 10. The van der Waals surface area contributed by atoms with Crippen LogP contribution in [0, 0.1) is 64.1 Å². The molecule has 22 aromatic rings. The van der Waals surface area contributed by atoms with Gasteiger partial charge in [0.1, 0.15) is 0 Å². The number of benzene rings is 15. The molecule has 0 radical (unpaired) electrons. The molecule has 0 aliphatic carbocycles. The molecule has 22 rings (SSSR count). The van der Waals surface area contributed by atoms with Crippen molar-refractivity contribution in [2.24, 2.45) is 0 Å². The number of aromatic nitrogens is 10. The van der Waals surface area contributed by atoms with Crippen LogP contribution in [0.25, 0.3) is 222 Å². The van der Waals surface area contributed by atoms with E-state index in [2.05, 4.69) is 342 Å². The van der Waals surface area contributed by atoms with Crippen molar-refractivity contribution in [1.82, 2.24) is 49.5 Å². The molecule has 0 amide bonds. The molecular formula is C112H70Ir2N10. The third-order valence-electron chi connectivity index (χ3n) is 23.9. The molecule has 124 heavy (non-hydrogen) atoms. The Labute approximate surface area is 745 Å². The number of pyridine rings is 4. The molecule has 0 aliphatic heterocycles. The summed E-state index contributed by atoms with van der Waals surface area (Å²) in [5.41, 5.74) is 35.4. The molecule has 0 atom stereocenters. The fourth-order valence-electron chi connectivity index (χ4n) is 17.8. The van der Waals surface area contributed by atoms with E-state index in [-0.39, 0.29) is 40.2 Å². The van der Waals surface area contributed by atoms with E-state index in [9.17, 15) is 0 Å². The summed E-state index contributed by atoms with van der Waals surface area (Å²) in [4.78, 5) is 28.9. The Morgan fingerprint density at radius 2 is 0.532 bits per heavy atom. The van der Waals surface area contributed by atoms with E-state index in [4.69, 9.17) is 20.2 Å². The molecule has 7 aromatic heterocycles. The van der Waals surface area contributed by atoms with Crippen molar-refractivity contribution in [3.63, 3.8) is 0 Å². The van der Waals surface area contributed by atoms with Crippen molar-refractivity contribution in [3.05, 3.63) is 412 Å². The molecule has 0 spiro atoms. The van der Waals surface area contributed by atoms with E-state index >= 15 is 0 Å². The van der Waals surface area contributed by atoms with Gasteiger partial charge in [0.05, 0.1) is 29.1 Å². The second kappa shape index (κ2) is 32.7. The van der Waals surface area contributed by atoms with E-state index in [0.29, 0.717) is 0 Å². The smallest absolute Gasteiger partial charge is 0.305 e. The van der Waals surface area contributed by atoms with Gasteiger partial charge in [0.15, 0.2) is 0 Å². The van der Waals surface area contributed by atoms with Crippen LogP contribution in [0.4, 0.5) is 0 Å². The van der Waals surface area contributed by atoms with Crippen LogP contribution in [0.15, 0.2) is 353 Å². The predicted octanol–water partition coefficient (Wildman–Crippen LogP) is 27.0. The van der Waals surface area contributed by atoms with E-state index in [0.717, 1.165) is 245 Å². The topological polar surface area (TPSA) is 113 Å². The average Bonchev–Trinajstić information content (AvgIpc) is 0.773. The maximum absolute atomic E-state index is 5.49. The van der Waals surface area contributed by atoms with E-state index in [1.807, 2.05) is 97.6 Å². The third kappa shape index (κ3) is 13.9. The number of hydrogen-bond acceptors (Lipinski definition) is 8. The van der Waals surface area contributed by atoms with E-state index < -0.39 is 0 Å². The first-order chi connectivity index (χ1) is 60.1. The van der Waals surface area contributed by atoms with Gasteiger partial charge in [0, 0.05) is 35.9 Å². The molecule has 12 heteroatoms. The molecule has 0 aliphatic rings. The SMILES string of the molecule is Cc1nn(-c2c[c-]c3c(c2)c2cccc4c5cc(-n6nc(C)c(C)c6-c6cc(-c7ccccc7-c7c[c-]c(-c8ccccn8)cc7)cc(-c7ccccc7-c7c[c-]c(-c8ccccn8)cc7)c6)c[c-]c5c5ncnc3c5c24)c(-c2cc(-c3ccccc3-c3c[c-]c(-c4ccccn4)cc3)cc(-c3ccccc3-c3c[c-]c(-c4ccccn4)cc3)c2)c1C.[Ir+3].[Ir+3]. The summed E-state index contributed by atoms with van der Waals surface area (Å²) in [5, 5.41) is 18.8. The van der Waals surface area contributed by atoms with Gasteiger partial charge in [-0.25, -0.2) is 0 Å². The zero-order valence-electron chi connectivity index (χ0n) is 67.6. The first-order valence-corrected chi connectivity index (χ1v) is 40.8. The van der Waals surface area contributed by atoms with Gasteiger partial charge in [-0.1, -0.05) is 235 Å². The number of aryl methyl sites for hydroxylation is 2. The maximum Gasteiger partial charge on any atom is 3.00 e. The van der Waals surface area contributed by atoms with Crippen molar-refractivity contribution in [3.8, 4) is 168 Å². The predicted molar refractivity (Wildman–Crippen MR) is 494 cm³/mol. The molecule has 15 aromatic carbocycles. The first kappa shape index (κ1) is 77.8. The van der Waals surface area contributed by atoms with Gasteiger partial charge in [0.25, 0.3) is 0 Å². The Kier molecular flexibility index (Phi) is 20.5. The number of fused-ring (bicyclic) bond motifs is 6. The number of rotatable bonds is 16. The third-order valence-corrected chi connectivity index (χ3v) is 23.9. The quantitative estimate of drug-likeness (QED) is 0.0534. The van der Waals surface area contributed by atoms with Gasteiger partial charge in [-0.3, -0.25) is 19.3 Å². The summed E-state index contributed by atoms with van der Waals surface area (Å²) in [6.45, 7) is 8.58. The molecule has 0 unspecified atom stereocenters. The van der Waals surface area contributed by atoms with Crippen molar-refractivity contribution in [2.75, 3.05) is 0 Å². The second-order valence-electron chi connectivity index (χ2n) is 31.0. The summed E-state index contributed by atoms with van der Waals surface area (Å²) in [6.07, 6.45) is 8.98. The molecule has 0 bridgehead atoms. The zero-order valence-corrected chi connectivity index (χ0v) is 72.4. The number of hydrogen-bond donors (Lipinski definition) is 0. The van der Waals surface area contributed by atoms with Crippen LogP contribution in [0.1, 0.15) is 22.5 Å². The van der Waals surface area contributed by atoms with Crippen LogP contribution >= 0.6 is 0 Å². The Morgan fingerprint density at radius 1 is 0.242 bits per heavy atom. The fraction of sp³-hybridized carbons (Fsp3) is 0.0357. The van der Waals surface area contributed by atoms with Gasteiger partial charge in [-0.05, 0) is 195 Å². The normalized spacial score (nSPS) is 11.4. The van der Waals surface area contributed by atoms with Gasteiger partial charge in [-0.15, -0.1) is 166 Å². The summed E-state index contributed by atoms with van der Waals surface area (Å²) < 4.78 is 4.24. The Bertz CT molecular complexity index is 7070. The molecule has 0 fully saturated rings. The molecule has 586 valence electrons. The largest absolute Gasteiger partial charge is 3.00 e. The van der Waals surface area contributed by atoms with Crippen LogP contribution in [-0.4, -0.2) is 49.5 Å². The first-order valence-electron chi connectivity index (χ1n) is 40.8. The molecule has 0 saturated heterocycles. The monoisotopic (exact) mass is 1940 g/mol. The van der Waals surface area contributed by atoms with Crippen LogP contribution in [-0.2, 0) is 40.2 Å². The minimum absolute atomic E-state index is 0. The van der Waals surface area contributed by atoms with Crippen molar-refractivity contribution in [2.45, 2.75) is 27.7 Å². The molecule has 0 saturated carbocycles. The van der Waals surface area contributed by atoms with Crippen molar-refractivity contribution >= 4 is 54.1 Å². The molecule has 10 nitrogen and oxygen atoms in total. The zero-order chi connectivity index (χ0) is 81.5.